The standard InChI is InChI=1S/C23H28N6O5S/c1-4-26-12-14-27(15-13-26)20-11-10-19(16-21(20)29(31)32)35(33,34)24-22-17(2)25(3)28(23(22)30)18-8-6-5-7-9-18/h5-11,16,24H,4,12-15H2,1-3H3. The molecule has 11 nitrogen and oxygen atoms in total. The number of piperazine rings is 1. The number of sulfonamides is 1. The van der Waals surface area contributed by atoms with E-state index in [-0.39, 0.29) is 16.3 Å². The van der Waals surface area contributed by atoms with Crippen molar-refractivity contribution < 1.29 is 13.3 Å². The summed E-state index contributed by atoms with van der Waals surface area (Å²) in [7, 11) is -2.62. The highest BCUT2D eigenvalue weighted by Gasteiger charge is 2.28. The average molecular weight is 501 g/mol. The highest BCUT2D eigenvalue weighted by atomic mass is 32.2. The van der Waals surface area contributed by atoms with Gasteiger partial charge in [0, 0.05) is 39.3 Å². The van der Waals surface area contributed by atoms with E-state index in [4.69, 9.17) is 0 Å². The fraction of sp³-hybridized carbons (Fsp3) is 0.348. The number of nitro benzene ring substituents is 1. The summed E-state index contributed by atoms with van der Waals surface area (Å²) < 4.78 is 31.7. The second-order valence-corrected chi connectivity index (χ2v) is 10.1. The van der Waals surface area contributed by atoms with Gasteiger partial charge in [0.25, 0.3) is 21.3 Å². The number of likely N-dealkylation sites (N-methyl/N-ethyl adjacent to an activating group) is 1. The number of nitrogens with zero attached hydrogens (tertiary/aromatic N) is 5. The van der Waals surface area contributed by atoms with E-state index in [0.717, 1.165) is 25.7 Å². The maximum atomic E-state index is 13.2. The van der Waals surface area contributed by atoms with Gasteiger partial charge < -0.3 is 9.80 Å². The number of aromatic nitrogens is 2. The molecule has 0 amide bonds. The van der Waals surface area contributed by atoms with Gasteiger partial charge in [-0.3, -0.25) is 24.3 Å². The summed E-state index contributed by atoms with van der Waals surface area (Å²) >= 11 is 0. The van der Waals surface area contributed by atoms with E-state index in [1.54, 1.807) is 42.9 Å². The molecule has 0 bridgehead atoms. The van der Waals surface area contributed by atoms with Gasteiger partial charge in [0.2, 0.25) is 0 Å². The monoisotopic (exact) mass is 500 g/mol. The summed E-state index contributed by atoms with van der Waals surface area (Å²) in [4.78, 5) is 28.2. The van der Waals surface area contributed by atoms with Gasteiger partial charge in [0.05, 0.1) is 21.2 Å². The molecule has 0 aliphatic carbocycles. The van der Waals surface area contributed by atoms with E-state index in [2.05, 4.69) is 16.5 Å². The van der Waals surface area contributed by atoms with Crippen molar-refractivity contribution in [3.63, 3.8) is 0 Å². The Morgan fingerprint density at radius 1 is 1.06 bits per heavy atom. The van der Waals surface area contributed by atoms with E-state index >= 15 is 0 Å². The minimum absolute atomic E-state index is 0.112. The van der Waals surface area contributed by atoms with Gasteiger partial charge in [-0.25, -0.2) is 13.1 Å². The van der Waals surface area contributed by atoms with Gasteiger partial charge in [0.1, 0.15) is 11.4 Å². The van der Waals surface area contributed by atoms with Crippen molar-refractivity contribution in [3.05, 3.63) is 74.7 Å². The van der Waals surface area contributed by atoms with Gasteiger partial charge >= 0.3 is 0 Å². The molecule has 12 heteroatoms. The summed E-state index contributed by atoms with van der Waals surface area (Å²) in [5.74, 6) is 0. The molecule has 0 radical (unpaired) electrons. The van der Waals surface area contributed by atoms with E-state index in [0.29, 0.717) is 30.2 Å². The minimum Gasteiger partial charge on any atom is -0.363 e. The predicted molar refractivity (Wildman–Crippen MR) is 134 cm³/mol. The third kappa shape index (κ3) is 4.66. The first kappa shape index (κ1) is 24.5. The van der Waals surface area contributed by atoms with E-state index < -0.39 is 20.5 Å². The van der Waals surface area contributed by atoms with Crippen LogP contribution in [0.2, 0.25) is 0 Å². The van der Waals surface area contributed by atoms with Crippen LogP contribution in [0.15, 0.2) is 58.2 Å². The first-order valence-electron chi connectivity index (χ1n) is 11.3. The lowest BCUT2D eigenvalue weighted by Gasteiger charge is -2.35. The maximum Gasteiger partial charge on any atom is 0.296 e. The van der Waals surface area contributed by atoms with Crippen molar-refractivity contribution in [2.75, 3.05) is 42.3 Å². The lowest BCUT2D eigenvalue weighted by atomic mass is 10.2. The molecule has 1 N–H and O–H groups in total. The van der Waals surface area contributed by atoms with Crippen molar-refractivity contribution in [1.29, 1.82) is 0 Å². The highest BCUT2D eigenvalue weighted by Crippen LogP contribution is 2.32. The zero-order valence-electron chi connectivity index (χ0n) is 19.8. The number of hydrogen-bond donors (Lipinski definition) is 1. The molecule has 0 saturated carbocycles. The average Bonchev–Trinajstić information content (AvgIpc) is 3.06. The Kier molecular flexibility index (Phi) is 6.68. The molecule has 1 saturated heterocycles. The first-order valence-corrected chi connectivity index (χ1v) is 12.7. The van der Waals surface area contributed by atoms with Crippen molar-refractivity contribution in [2.45, 2.75) is 18.7 Å². The van der Waals surface area contributed by atoms with Gasteiger partial charge in [-0.15, -0.1) is 0 Å². The van der Waals surface area contributed by atoms with Crippen LogP contribution >= 0.6 is 0 Å². The Bertz CT molecular complexity index is 1410. The maximum absolute atomic E-state index is 13.2. The molecule has 0 unspecified atom stereocenters. The van der Waals surface area contributed by atoms with Crippen LogP contribution in [0.1, 0.15) is 12.6 Å². The molecule has 0 spiro atoms. The smallest absolute Gasteiger partial charge is 0.296 e. The van der Waals surface area contributed by atoms with Crippen LogP contribution < -0.4 is 15.2 Å². The predicted octanol–water partition coefficient (Wildman–Crippen LogP) is 2.34. The van der Waals surface area contributed by atoms with Crippen molar-refractivity contribution >= 4 is 27.1 Å². The van der Waals surface area contributed by atoms with Crippen LogP contribution in [-0.4, -0.2) is 60.3 Å². The molecule has 35 heavy (non-hydrogen) atoms. The van der Waals surface area contributed by atoms with Crippen LogP contribution in [0.25, 0.3) is 5.69 Å². The SMILES string of the molecule is CCN1CCN(c2ccc(S(=O)(=O)Nc3c(C)n(C)n(-c4ccccc4)c3=O)cc2[N+](=O)[O-])CC1. The summed E-state index contributed by atoms with van der Waals surface area (Å²) in [5, 5.41) is 11.8. The molecule has 2 aromatic carbocycles. The number of para-hydroxylation sites is 1. The van der Waals surface area contributed by atoms with Gasteiger partial charge in [-0.1, -0.05) is 25.1 Å². The number of hydrogen-bond acceptors (Lipinski definition) is 7. The van der Waals surface area contributed by atoms with Crippen LogP contribution in [-0.2, 0) is 17.1 Å². The number of benzene rings is 2. The Balaban J connectivity index is 1.68. The number of nitro groups is 1. The summed E-state index contributed by atoms with van der Waals surface area (Å²) in [6.45, 7) is 7.37. The molecular formula is C23H28N6O5S. The molecular weight excluding hydrogens is 472 g/mol. The van der Waals surface area contributed by atoms with Crippen molar-refractivity contribution in [2.24, 2.45) is 7.05 Å². The molecule has 1 aromatic heterocycles. The minimum atomic E-state index is -4.27. The quantitative estimate of drug-likeness (QED) is 0.390. The summed E-state index contributed by atoms with van der Waals surface area (Å²) in [6.07, 6.45) is 0. The molecule has 186 valence electrons. The van der Waals surface area contributed by atoms with Gasteiger partial charge in [-0.05, 0) is 37.7 Å². The van der Waals surface area contributed by atoms with Gasteiger partial charge in [-0.2, -0.15) is 0 Å². The third-order valence-corrected chi connectivity index (χ3v) is 7.75. The Hall–Kier alpha value is -3.64. The number of anilines is 2. The zero-order chi connectivity index (χ0) is 25.3. The number of rotatable bonds is 7. The topological polar surface area (TPSA) is 123 Å². The molecule has 2 heterocycles. The fourth-order valence-corrected chi connectivity index (χ4v) is 5.40. The van der Waals surface area contributed by atoms with Crippen LogP contribution in [0.5, 0.6) is 0 Å². The third-order valence-electron chi connectivity index (χ3n) is 6.40. The largest absolute Gasteiger partial charge is 0.363 e. The Morgan fingerprint density at radius 2 is 1.71 bits per heavy atom. The first-order chi connectivity index (χ1) is 16.6. The number of nitrogens with one attached hydrogen (secondary N) is 1. The normalized spacial score (nSPS) is 14.8. The van der Waals surface area contributed by atoms with Gasteiger partial charge in [0.15, 0.2) is 0 Å². The van der Waals surface area contributed by atoms with E-state index in [1.165, 1.54) is 16.8 Å². The van der Waals surface area contributed by atoms with E-state index in [1.807, 2.05) is 11.0 Å². The highest BCUT2D eigenvalue weighted by molar-refractivity contribution is 7.92. The second-order valence-electron chi connectivity index (χ2n) is 8.37. The molecule has 3 aromatic rings. The molecule has 0 atom stereocenters. The summed E-state index contributed by atoms with van der Waals surface area (Å²) in [5.41, 5.74) is 0.425. The molecule has 1 aliphatic rings. The Labute approximate surface area is 203 Å². The molecule has 4 rings (SSSR count). The summed E-state index contributed by atoms with van der Waals surface area (Å²) in [6, 6.07) is 12.7. The van der Waals surface area contributed by atoms with Crippen molar-refractivity contribution in [1.82, 2.24) is 14.3 Å². The molecule has 1 aliphatic heterocycles. The van der Waals surface area contributed by atoms with E-state index in [9.17, 15) is 23.3 Å². The van der Waals surface area contributed by atoms with Crippen LogP contribution in [0.3, 0.4) is 0 Å². The second kappa shape index (κ2) is 9.55. The fourth-order valence-electron chi connectivity index (χ4n) is 4.27. The van der Waals surface area contributed by atoms with Crippen LogP contribution in [0.4, 0.5) is 17.1 Å². The molecule has 1 fully saturated rings. The lowest BCUT2D eigenvalue weighted by Crippen LogP contribution is -2.46. The lowest BCUT2D eigenvalue weighted by molar-refractivity contribution is -0.384. The zero-order valence-corrected chi connectivity index (χ0v) is 20.7. The van der Waals surface area contributed by atoms with Crippen LogP contribution in [0, 0.1) is 17.0 Å². The van der Waals surface area contributed by atoms with Crippen molar-refractivity contribution in [3.8, 4) is 5.69 Å². The Morgan fingerprint density at radius 3 is 2.31 bits per heavy atom.